The molecule has 0 bridgehead atoms. The van der Waals surface area contributed by atoms with Crippen LogP contribution < -0.4 is 5.32 Å². The quantitative estimate of drug-likeness (QED) is 0.785. The summed E-state index contributed by atoms with van der Waals surface area (Å²) in [5, 5.41) is 6.63. The number of nitrogens with one attached hydrogen (secondary N) is 1. The normalized spacial score (nSPS) is 12.6. The number of aryl methyl sites for hydroxylation is 1. The van der Waals surface area contributed by atoms with Crippen molar-refractivity contribution in [1.29, 1.82) is 0 Å². The number of benzene rings is 1. The Morgan fingerprint density at radius 2 is 1.89 bits per heavy atom. The third-order valence-corrected chi connectivity index (χ3v) is 4.50. The van der Waals surface area contributed by atoms with E-state index in [0.29, 0.717) is 0 Å². The molecule has 0 aliphatic rings. The van der Waals surface area contributed by atoms with Crippen molar-refractivity contribution in [3.8, 4) is 0 Å². The third kappa shape index (κ3) is 3.59. The van der Waals surface area contributed by atoms with Gasteiger partial charge in [0.15, 0.2) is 0 Å². The van der Waals surface area contributed by atoms with E-state index in [1.54, 1.807) is 0 Å². The summed E-state index contributed by atoms with van der Waals surface area (Å²) in [7, 11) is 0. The molecule has 0 saturated carbocycles. The molecule has 0 amide bonds. The molecule has 0 fully saturated rings. The molecular weight excluding hydrogens is 274 g/mol. The lowest BCUT2D eigenvalue weighted by Gasteiger charge is -2.19. The summed E-state index contributed by atoms with van der Waals surface area (Å²) in [6.07, 6.45) is 2.22. The van der Waals surface area contributed by atoms with Crippen LogP contribution in [0.5, 0.6) is 0 Å². The van der Waals surface area contributed by atoms with E-state index >= 15 is 0 Å². The Morgan fingerprint density at radius 1 is 1.16 bits per heavy atom. The third-order valence-electron chi connectivity index (χ3n) is 3.23. The van der Waals surface area contributed by atoms with Crippen LogP contribution in [0.25, 0.3) is 0 Å². The number of hydrogen-bond acceptors (Lipinski definition) is 2. The van der Waals surface area contributed by atoms with Gasteiger partial charge in [0.05, 0.1) is 6.04 Å². The SMILES string of the molecule is CCCNC(c1ccc(Cl)cc1)c1sccc1CC. The van der Waals surface area contributed by atoms with Crippen LogP contribution in [-0.2, 0) is 6.42 Å². The standard InChI is InChI=1S/C16H20ClNS/c1-3-10-18-15(13-5-7-14(17)8-6-13)16-12(4-2)9-11-19-16/h5-9,11,15,18H,3-4,10H2,1-2H3. The van der Waals surface area contributed by atoms with Crippen LogP contribution in [0.15, 0.2) is 35.7 Å². The minimum Gasteiger partial charge on any atom is -0.306 e. The van der Waals surface area contributed by atoms with Gasteiger partial charge in [0.1, 0.15) is 0 Å². The van der Waals surface area contributed by atoms with Gasteiger partial charge in [-0.25, -0.2) is 0 Å². The van der Waals surface area contributed by atoms with Crippen molar-refractivity contribution in [3.05, 3.63) is 56.7 Å². The molecule has 1 heterocycles. The van der Waals surface area contributed by atoms with Gasteiger partial charge in [0.2, 0.25) is 0 Å². The molecule has 0 radical (unpaired) electrons. The summed E-state index contributed by atoms with van der Waals surface area (Å²) in [5.74, 6) is 0. The first-order valence-electron chi connectivity index (χ1n) is 6.81. The molecule has 2 rings (SSSR count). The number of hydrogen-bond donors (Lipinski definition) is 1. The summed E-state index contributed by atoms with van der Waals surface area (Å²) >= 11 is 7.82. The molecule has 1 atom stereocenters. The largest absolute Gasteiger partial charge is 0.306 e. The number of halogens is 1. The summed E-state index contributed by atoms with van der Waals surface area (Å²) in [6.45, 7) is 5.43. The predicted molar refractivity (Wildman–Crippen MR) is 85.3 cm³/mol. The van der Waals surface area contributed by atoms with Crippen molar-refractivity contribution in [2.24, 2.45) is 0 Å². The maximum atomic E-state index is 5.99. The molecule has 1 unspecified atom stereocenters. The van der Waals surface area contributed by atoms with Gasteiger partial charge in [-0.1, -0.05) is 37.6 Å². The van der Waals surface area contributed by atoms with Crippen LogP contribution in [0, 0.1) is 0 Å². The minimum atomic E-state index is 0.284. The highest BCUT2D eigenvalue weighted by molar-refractivity contribution is 7.10. The first kappa shape index (κ1) is 14.6. The van der Waals surface area contributed by atoms with E-state index in [0.717, 1.165) is 24.4 Å². The number of rotatable bonds is 6. The van der Waals surface area contributed by atoms with E-state index in [9.17, 15) is 0 Å². The van der Waals surface area contributed by atoms with Gasteiger partial charge in [-0.05, 0) is 54.1 Å². The van der Waals surface area contributed by atoms with Crippen LogP contribution in [0.3, 0.4) is 0 Å². The van der Waals surface area contributed by atoms with Gasteiger partial charge in [0.25, 0.3) is 0 Å². The van der Waals surface area contributed by atoms with Crippen molar-refractivity contribution in [2.75, 3.05) is 6.54 Å². The second kappa shape index (κ2) is 7.09. The summed E-state index contributed by atoms with van der Waals surface area (Å²) < 4.78 is 0. The first-order chi connectivity index (χ1) is 9.26. The van der Waals surface area contributed by atoms with Crippen molar-refractivity contribution >= 4 is 22.9 Å². The van der Waals surface area contributed by atoms with Crippen LogP contribution >= 0.6 is 22.9 Å². The molecule has 1 nitrogen and oxygen atoms in total. The molecular formula is C16H20ClNS. The van der Waals surface area contributed by atoms with E-state index in [-0.39, 0.29) is 6.04 Å². The van der Waals surface area contributed by atoms with E-state index in [2.05, 4.69) is 42.7 Å². The lowest BCUT2D eigenvalue weighted by molar-refractivity contribution is 0.602. The lowest BCUT2D eigenvalue weighted by Crippen LogP contribution is -2.23. The molecule has 0 aliphatic heterocycles. The predicted octanol–water partition coefficient (Wildman–Crippen LogP) is 5.05. The topological polar surface area (TPSA) is 12.0 Å². The minimum absolute atomic E-state index is 0.284. The molecule has 102 valence electrons. The first-order valence-corrected chi connectivity index (χ1v) is 8.07. The van der Waals surface area contributed by atoms with Crippen LogP contribution in [0.2, 0.25) is 5.02 Å². The molecule has 0 saturated heterocycles. The fourth-order valence-electron chi connectivity index (χ4n) is 2.20. The second-order valence-electron chi connectivity index (χ2n) is 4.60. The van der Waals surface area contributed by atoms with E-state index in [4.69, 9.17) is 11.6 Å². The van der Waals surface area contributed by atoms with Crippen LogP contribution in [0.1, 0.15) is 42.3 Å². The average Bonchev–Trinajstić information content (AvgIpc) is 2.89. The van der Waals surface area contributed by atoms with Crippen LogP contribution in [0.4, 0.5) is 0 Å². The van der Waals surface area contributed by atoms with Gasteiger partial charge >= 0.3 is 0 Å². The lowest BCUT2D eigenvalue weighted by atomic mass is 10.0. The van der Waals surface area contributed by atoms with Gasteiger partial charge in [-0.2, -0.15) is 0 Å². The smallest absolute Gasteiger partial charge is 0.0673 e. The maximum Gasteiger partial charge on any atom is 0.0673 e. The Labute approximate surface area is 124 Å². The highest BCUT2D eigenvalue weighted by Gasteiger charge is 2.17. The monoisotopic (exact) mass is 293 g/mol. The molecule has 19 heavy (non-hydrogen) atoms. The Kier molecular flexibility index (Phi) is 5.44. The summed E-state index contributed by atoms with van der Waals surface area (Å²) in [6, 6.07) is 10.7. The fraction of sp³-hybridized carbons (Fsp3) is 0.375. The Hall–Kier alpha value is -0.830. The molecule has 3 heteroatoms. The molecule has 1 N–H and O–H groups in total. The Balaban J connectivity index is 2.32. The highest BCUT2D eigenvalue weighted by Crippen LogP contribution is 2.30. The van der Waals surface area contributed by atoms with Crippen molar-refractivity contribution in [1.82, 2.24) is 5.32 Å². The maximum absolute atomic E-state index is 5.99. The zero-order valence-electron chi connectivity index (χ0n) is 11.4. The average molecular weight is 294 g/mol. The summed E-state index contributed by atoms with van der Waals surface area (Å²) in [5.41, 5.74) is 2.73. The van der Waals surface area contributed by atoms with Crippen molar-refractivity contribution in [2.45, 2.75) is 32.7 Å². The highest BCUT2D eigenvalue weighted by atomic mass is 35.5. The van der Waals surface area contributed by atoms with Crippen molar-refractivity contribution < 1.29 is 0 Å². The Morgan fingerprint density at radius 3 is 2.53 bits per heavy atom. The summed E-state index contributed by atoms with van der Waals surface area (Å²) in [4.78, 5) is 1.43. The number of thiophene rings is 1. The second-order valence-corrected chi connectivity index (χ2v) is 5.99. The van der Waals surface area contributed by atoms with E-state index < -0.39 is 0 Å². The zero-order chi connectivity index (χ0) is 13.7. The molecule has 1 aromatic carbocycles. The van der Waals surface area contributed by atoms with Gasteiger partial charge in [-0.15, -0.1) is 11.3 Å². The molecule has 1 aromatic heterocycles. The van der Waals surface area contributed by atoms with E-state index in [1.807, 2.05) is 23.5 Å². The van der Waals surface area contributed by atoms with E-state index in [1.165, 1.54) is 16.0 Å². The van der Waals surface area contributed by atoms with Crippen molar-refractivity contribution in [3.63, 3.8) is 0 Å². The molecule has 0 spiro atoms. The van der Waals surface area contributed by atoms with Crippen LogP contribution in [-0.4, -0.2) is 6.54 Å². The van der Waals surface area contributed by atoms with Gasteiger partial charge < -0.3 is 5.32 Å². The fourth-order valence-corrected chi connectivity index (χ4v) is 3.42. The molecule has 2 aromatic rings. The van der Waals surface area contributed by atoms with Gasteiger partial charge in [0, 0.05) is 9.90 Å². The Bertz CT molecular complexity index is 504. The molecule has 0 aliphatic carbocycles. The zero-order valence-corrected chi connectivity index (χ0v) is 13.0. The van der Waals surface area contributed by atoms with Gasteiger partial charge in [-0.3, -0.25) is 0 Å².